The van der Waals surface area contributed by atoms with E-state index >= 15 is 0 Å². The Bertz CT molecular complexity index is 664. The summed E-state index contributed by atoms with van der Waals surface area (Å²) in [7, 11) is 0. The smallest absolute Gasteiger partial charge is 0.252 e. The largest absolute Gasteiger partial charge is 0.619 e. The molecule has 1 fully saturated rings. The third kappa shape index (κ3) is 4.00. The molecule has 0 unspecified atom stereocenters. The minimum atomic E-state index is -0.207. The first-order valence-corrected chi connectivity index (χ1v) is 7.94. The van der Waals surface area contributed by atoms with Crippen LogP contribution >= 0.6 is 0 Å². The van der Waals surface area contributed by atoms with Crippen LogP contribution in [0.25, 0.3) is 0 Å². The van der Waals surface area contributed by atoms with Crippen molar-refractivity contribution in [2.45, 2.75) is 38.3 Å². The van der Waals surface area contributed by atoms with Crippen molar-refractivity contribution in [3.8, 4) is 5.75 Å². The number of para-hydroxylation sites is 1. The zero-order chi connectivity index (χ0) is 16.1. The lowest BCUT2D eigenvalue weighted by Gasteiger charge is -2.16. The van der Waals surface area contributed by atoms with E-state index in [-0.39, 0.29) is 12.0 Å². The molecule has 1 saturated carbocycles. The summed E-state index contributed by atoms with van der Waals surface area (Å²) in [4.78, 5) is 12.1. The minimum Gasteiger partial charge on any atom is -0.619 e. The molecule has 5 heteroatoms. The molecular formula is C18H20N2O3. The van der Waals surface area contributed by atoms with Crippen LogP contribution in [0.15, 0.2) is 48.8 Å². The van der Waals surface area contributed by atoms with Crippen molar-refractivity contribution in [3.63, 3.8) is 0 Å². The first-order valence-electron chi connectivity index (χ1n) is 7.94. The maximum Gasteiger partial charge on any atom is 0.252 e. The second-order valence-corrected chi connectivity index (χ2v) is 5.76. The summed E-state index contributed by atoms with van der Waals surface area (Å²) in [5, 5.41) is 13.9. The van der Waals surface area contributed by atoms with Crippen molar-refractivity contribution in [1.29, 1.82) is 0 Å². The number of pyridine rings is 1. The van der Waals surface area contributed by atoms with Gasteiger partial charge in [0, 0.05) is 24.2 Å². The summed E-state index contributed by atoms with van der Waals surface area (Å²) in [5.41, 5.74) is 1.42. The van der Waals surface area contributed by atoms with Gasteiger partial charge in [0.05, 0.1) is 11.7 Å². The molecule has 1 heterocycles. The monoisotopic (exact) mass is 312 g/mol. The molecule has 1 amide bonds. The van der Waals surface area contributed by atoms with Crippen molar-refractivity contribution in [3.05, 3.63) is 65.1 Å². The molecule has 1 aliphatic carbocycles. The molecule has 0 saturated heterocycles. The van der Waals surface area contributed by atoms with Crippen LogP contribution in [0.5, 0.6) is 5.75 Å². The maximum absolute atomic E-state index is 12.1. The Morgan fingerprint density at radius 1 is 1.17 bits per heavy atom. The molecule has 0 bridgehead atoms. The second-order valence-electron chi connectivity index (χ2n) is 5.76. The number of nitrogens with one attached hydrogen (secondary N) is 1. The molecular weight excluding hydrogens is 292 g/mol. The number of rotatable bonds is 5. The standard InChI is InChI=1S/C18H20N2O3/c21-18(14-9-11-20(22)12-10-14)19-13-15-5-1-4-8-17(15)23-16-6-2-3-7-16/h1,4-5,8-12,16H,2-3,6-7,13H2,(H,19,21). The number of amides is 1. The fourth-order valence-electron chi connectivity index (χ4n) is 2.79. The van der Waals surface area contributed by atoms with Crippen molar-refractivity contribution in [2.24, 2.45) is 0 Å². The molecule has 1 aromatic carbocycles. The third-order valence-corrected chi connectivity index (χ3v) is 4.07. The van der Waals surface area contributed by atoms with Gasteiger partial charge in [-0.25, -0.2) is 0 Å². The molecule has 23 heavy (non-hydrogen) atoms. The number of carbonyl (C=O) groups is 1. The van der Waals surface area contributed by atoms with Gasteiger partial charge >= 0.3 is 0 Å². The third-order valence-electron chi connectivity index (χ3n) is 4.07. The van der Waals surface area contributed by atoms with Gasteiger partial charge in [-0.05, 0) is 31.7 Å². The molecule has 0 atom stereocenters. The SMILES string of the molecule is O=C(NCc1ccccc1OC1CCCC1)c1cc[n+]([O-])cc1. The Morgan fingerprint density at radius 2 is 1.87 bits per heavy atom. The van der Waals surface area contributed by atoms with Crippen LogP contribution in [0.2, 0.25) is 0 Å². The van der Waals surface area contributed by atoms with E-state index < -0.39 is 0 Å². The van der Waals surface area contributed by atoms with E-state index in [0.717, 1.165) is 24.2 Å². The van der Waals surface area contributed by atoms with E-state index in [1.807, 2.05) is 24.3 Å². The van der Waals surface area contributed by atoms with Gasteiger partial charge in [0.2, 0.25) is 0 Å². The quantitative estimate of drug-likeness (QED) is 0.681. The molecule has 1 aromatic heterocycles. The topological polar surface area (TPSA) is 65.3 Å². The zero-order valence-corrected chi connectivity index (χ0v) is 12.9. The highest BCUT2D eigenvalue weighted by Crippen LogP contribution is 2.26. The molecule has 0 spiro atoms. The van der Waals surface area contributed by atoms with Crippen LogP contribution in [0.3, 0.4) is 0 Å². The molecule has 2 aromatic rings. The average Bonchev–Trinajstić information content (AvgIpc) is 3.07. The lowest BCUT2D eigenvalue weighted by atomic mass is 10.2. The van der Waals surface area contributed by atoms with Crippen molar-refractivity contribution >= 4 is 5.91 Å². The van der Waals surface area contributed by atoms with Crippen LogP contribution in [0.4, 0.5) is 0 Å². The highest BCUT2D eigenvalue weighted by Gasteiger charge is 2.18. The lowest BCUT2D eigenvalue weighted by Crippen LogP contribution is -2.27. The molecule has 0 aliphatic heterocycles. The minimum absolute atomic E-state index is 0.207. The van der Waals surface area contributed by atoms with Gasteiger partial charge in [-0.15, -0.1) is 0 Å². The normalized spacial score (nSPS) is 14.6. The Morgan fingerprint density at radius 3 is 2.61 bits per heavy atom. The number of nitrogens with zero attached hydrogens (tertiary/aromatic N) is 1. The van der Waals surface area contributed by atoms with Gasteiger partial charge < -0.3 is 15.3 Å². The highest BCUT2D eigenvalue weighted by molar-refractivity contribution is 5.93. The fraction of sp³-hybridized carbons (Fsp3) is 0.333. The molecule has 3 rings (SSSR count). The number of hydrogen-bond acceptors (Lipinski definition) is 3. The lowest BCUT2D eigenvalue weighted by molar-refractivity contribution is -0.605. The molecule has 5 nitrogen and oxygen atoms in total. The van der Waals surface area contributed by atoms with Gasteiger partial charge in [0.25, 0.3) is 5.91 Å². The number of aromatic nitrogens is 1. The predicted octanol–water partition coefficient (Wildman–Crippen LogP) is 2.57. The summed E-state index contributed by atoms with van der Waals surface area (Å²) in [5.74, 6) is 0.631. The van der Waals surface area contributed by atoms with E-state index in [2.05, 4.69) is 5.32 Å². The summed E-state index contributed by atoms with van der Waals surface area (Å²) in [6.07, 6.45) is 7.54. The van der Waals surface area contributed by atoms with E-state index in [9.17, 15) is 10.0 Å². The predicted molar refractivity (Wildman–Crippen MR) is 85.9 cm³/mol. The number of hydrogen-bond donors (Lipinski definition) is 1. The number of ether oxygens (including phenoxy) is 1. The van der Waals surface area contributed by atoms with E-state index in [1.165, 1.54) is 37.4 Å². The van der Waals surface area contributed by atoms with E-state index in [0.29, 0.717) is 16.8 Å². The first-order chi connectivity index (χ1) is 11.2. The second kappa shape index (κ2) is 7.13. The Hall–Kier alpha value is -2.56. The molecule has 1 N–H and O–H groups in total. The first kappa shape index (κ1) is 15.3. The van der Waals surface area contributed by atoms with E-state index in [1.54, 1.807) is 0 Å². The maximum atomic E-state index is 12.1. The van der Waals surface area contributed by atoms with Crippen LogP contribution in [0, 0.1) is 5.21 Å². The Kier molecular flexibility index (Phi) is 4.76. The number of carbonyl (C=O) groups excluding carboxylic acids is 1. The van der Waals surface area contributed by atoms with Gasteiger partial charge in [0.1, 0.15) is 5.75 Å². The molecule has 120 valence electrons. The van der Waals surface area contributed by atoms with Crippen LogP contribution < -0.4 is 14.8 Å². The van der Waals surface area contributed by atoms with Gasteiger partial charge in [-0.2, -0.15) is 4.73 Å². The van der Waals surface area contributed by atoms with Crippen molar-refractivity contribution < 1.29 is 14.3 Å². The Balaban J connectivity index is 1.63. The van der Waals surface area contributed by atoms with Crippen LogP contribution in [-0.2, 0) is 6.54 Å². The fourth-order valence-corrected chi connectivity index (χ4v) is 2.79. The highest BCUT2D eigenvalue weighted by atomic mass is 16.5. The summed E-state index contributed by atoms with van der Waals surface area (Å²) < 4.78 is 6.72. The summed E-state index contributed by atoms with van der Waals surface area (Å²) in [6, 6.07) is 10.8. The van der Waals surface area contributed by atoms with Gasteiger partial charge in [0.15, 0.2) is 12.4 Å². The van der Waals surface area contributed by atoms with Crippen LogP contribution in [-0.4, -0.2) is 12.0 Å². The van der Waals surface area contributed by atoms with Gasteiger partial charge in [-0.3, -0.25) is 4.79 Å². The van der Waals surface area contributed by atoms with E-state index in [4.69, 9.17) is 4.74 Å². The summed E-state index contributed by atoms with van der Waals surface area (Å²) in [6.45, 7) is 0.397. The van der Waals surface area contributed by atoms with Gasteiger partial charge in [-0.1, -0.05) is 18.2 Å². The average molecular weight is 312 g/mol. The zero-order valence-electron chi connectivity index (χ0n) is 12.9. The number of benzene rings is 1. The Labute approximate surface area is 135 Å². The van der Waals surface area contributed by atoms with Crippen molar-refractivity contribution in [2.75, 3.05) is 0 Å². The van der Waals surface area contributed by atoms with Crippen molar-refractivity contribution in [1.82, 2.24) is 5.32 Å². The van der Waals surface area contributed by atoms with Crippen LogP contribution in [0.1, 0.15) is 41.6 Å². The molecule has 0 radical (unpaired) electrons. The molecule has 1 aliphatic rings. The summed E-state index contributed by atoms with van der Waals surface area (Å²) >= 11 is 0.